The second-order valence-electron chi connectivity index (χ2n) is 7.18. The smallest absolute Gasteiger partial charge is 0.321 e. The van der Waals surface area contributed by atoms with Crippen LogP contribution in [0, 0.1) is 0 Å². The molecule has 0 radical (unpaired) electrons. The second-order valence-corrected chi connectivity index (χ2v) is 8.66. The van der Waals surface area contributed by atoms with Crippen molar-refractivity contribution < 1.29 is 4.79 Å². The minimum absolute atomic E-state index is 0.0578. The molecule has 1 saturated heterocycles. The minimum Gasteiger partial charge on any atom is -0.324 e. The number of hydrogen-bond donors (Lipinski definition) is 1. The number of nitrogens with zero attached hydrogens (tertiary/aromatic N) is 3. The van der Waals surface area contributed by atoms with Gasteiger partial charge in [-0.25, -0.2) is 4.79 Å². The van der Waals surface area contributed by atoms with Crippen molar-refractivity contribution in [3.05, 3.63) is 39.3 Å². The Bertz CT molecular complexity index is 757. The first kappa shape index (κ1) is 17.7. The van der Waals surface area contributed by atoms with Crippen molar-refractivity contribution in [1.29, 1.82) is 0 Å². The summed E-state index contributed by atoms with van der Waals surface area (Å²) < 4.78 is 0. The van der Waals surface area contributed by atoms with Gasteiger partial charge < -0.3 is 10.2 Å². The number of urea groups is 1. The Labute approximate surface area is 162 Å². The molecule has 1 N–H and O–H groups in total. The lowest BCUT2D eigenvalue weighted by Gasteiger charge is -2.31. The Balaban J connectivity index is 1.39. The molecule has 1 atom stereocenters. The maximum absolute atomic E-state index is 12.6. The van der Waals surface area contributed by atoms with E-state index in [-0.39, 0.29) is 6.03 Å². The predicted octanol–water partition coefficient (Wildman–Crippen LogP) is 5.26. The zero-order valence-electron chi connectivity index (χ0n) is 14.7. The summed E-state index contributed by atoms with van der Waals surface area (Å²) in [7, 11) is 0. The number of carbonyl (C=O) groups is 1. The van der Waals surface area contributed by atoms with Gasteiger partial charge in [0.15, 0.2) is 0 Å². The van der Waals surface area contributed by atoms with E-state index in [0.717, 1.165) is 30.1 Å². The molecule has 2 fully saturated rings. The van der Waals surface area contributed by atoms with Crippen LogP contribution in [0.2, 0.25) is 5.02 Å². The summed E-state index contributed by atoms with van der Waals surface area (Å²) in [6.07, 6.45) is 7.17. The van der Waals surface area contributed by atoms with Crippen LogP contribution in [0.4, 0.5) is 10.5 Å². The molecule has 2 amide bonds. The number of carbonyl (C=O) groups excluding carboxylic acids is 1. The fourth-order valence-electron chi connectivity index (χ4n) is 3.85. The van der Waals surface area contributed by atoms with Crippen LogP contribution in [-0.2, 0) is 0 Å². The van der Waals surface area contributed by atoms with Gasteiger partial charge in [0.25, 0.3) is 0 Å². The third-order valence-electron chi connectivity index (χ3n) is 5.31. The Morgan fingerprint density at radius 2 is 1.69 bits per heavy atom. The molecule has 1 aromatic heterocycles. The van der Waals surface area contributed by atoms with Crippen LogP contribution in [0.15, 0.2) is 24.3 Å². The van der Waals surface area contributed by atoms with Gasteiger partial charge in [0.05, 0.1) is 0 Å². The first-order chi connectivity index (χ1) is 12.7. The number of anilines is 1. The SMILES string of the molecule is O=C(Nc1ccc(Cl)cc1)N1CCCC(c2nnc(C3CCCC3)s2)C1. The van der Waals surface area contributed by atoms with Gasteiger partial charge in [0.2, 0.25) is 0 Å². The number of piperidine rings is 1. The Hall–Kier alpha value is -1.66. The highest BCUT2D eigenvalue weighted by atomic mass is 35.5. The van der Waals surface area contributed by atoms with Gasteiger partial charge in [0.1, 0.15) is 10.0 Å². The molecular formula is C19H23ClN4OS. The third kappa shape index (κ3) is 4.01. The van der Waals surface area contributed by atoms with Gasteiger partial charge in [-0.05, 0) is 49.9 Å². The Morgan fingerprint density at radius 1 is 1.04 bits per heavy atom. The molecule has 1 aliphatic carbocycles. The number of amides is 2. The number of likely N-dealkylation sites (tertiary alicyclic amines) is 1. The zero-order valence-corrected chi connectivity index (χ0v) is 16.2. The van der Waals surface area contributed by atoms with Crippen molar-refractivity contribution in [2.24, 2.45) is 0 Å². The second kappa shape index (κ2) is 7.92. The van der Waals surface area contributed by atoms with Crippen LogP contribution in [0.1, 0.15) is 60.4 Å². The normalized spacial score (nSPS) is 21.1. The number of nitrogens with one attached hydrogen (secondary N) is 1. The van der Waals surface area contributed by atoms with Crippen LogP contribution in [0.3, 0.4) is 0 Å². The Morgan fingerprint density at radius 3 is 2.42 bits per heavy atom. The van der Waals surface area contributed by atoms with Gasteiger partial charge in [-0.3, -0.25) is 0 Å². The molecule has 0 bridgehead atoms. The van der Waals surface area contributed by atoms with Crippen LogP contribution >= 0.6 is 22.9 Å². The molecule has 2 aliphatic rings. The molecule has 5 nitrogen and oxygen atoms in total. The zero-order chi connectivity index (χ0) is 17.9. The summed E-state index contributed by atoms with van der Waals surface area (Å²) >= 11 is 7.66. The van der Waals surface area contributed by atoms with E-state index in [9.17, 15) is 4.79 Å². The fraction of sp³-hybridized carbons (Fsp3) is 0.526. The minimum atomic E-state index is -0.0578. The number of benzene rings is 1. The standard InChI is InChI=1S/C19H23ClN4OS/c20-15-7-9-16(10-8-15)21-19(25)24-11-3-6-14(12-24)18-23-22-17(26-18)13-4-1-2-5-13/h7-10,13-14H,1-6,11-12H2,(H,21,25). The van der Waals surface area contributed by atoms with Crippen molar-refractivity contribution in [1.82, 2.24) is 15.1 Å². The molecule has 4 rings (SSSR count). The molecule has 2 heterocycles. The monoisotopic (exact) mass is 390 g/mol. The highest BCUT2D eigenvalue weighted by molar-refractivity contribution is 7.11. The summed E-state index contributed by atoms with van der Waals surface area (Å²) in [5.74, 6) is 0.904. The highest BCUT2D eigenvalue weighted by Crippen LogP contribution is 2.38. The van der Waals surface area contributed by atoms with E-state index in [1.165, 1.54) is 30.7 Å². The summed E-state index contributed by atoms with van der Waals surface area (Å²) in [5, 5.41) is 14.8. The van der Waals surface area contributed by atoms with Crippen LogP contribution in [0.25, 0.3) is 0 Å². The molecule has 1 saturated carbocycles. The van der Waals surface area contributed by atoms with Crippen molar-refractivity contribution in [3.63, 3.8) is 0 Å². The largest absolute Gasteiger partial charge is 0.324 e. The van der Waals surface area contributed by atoms with Crippen molar-refractivity contribution in [2.75, 3.05) is 18.4 Å². The van der Waals surface area contributed by atoms with E-state index < -0.39 is 0 Å². The van der Waals surface area contributed by atoms with Crippen molar-refractivity contribution >= 4 is 34.7 Å². The summed E-state index contributed by atoms with van der Waals surface area (Å²) in [6.45, 7) is 1.49. The average molecular weight is 391 g/mol. The van der Waals surface area contributed by atoms with Gasteiger partial charge in [-0.1, -0.05) is 24.4 Å². The molecule has 7 heteroatoms. The Kier molecular flexibility index (Phi) is 5.41. The molecule has 138 valence electrons. The topological polar surface area (TPSA) is 58.1 Å². The van der Waals surface area contributed by atoms with E-state index >= 15 is 0 Å². The van der Waals surface area contributed by atoms with Gasteiger partial charge in [-0.15, -0.1) is 21.5 Å². The van der Waals surface area contributed by atoms with E-state index in [1.807, 2.05) is 17.0 Å². The molecule has 1 aliphatic heterocycles. The predicted molar refractivity (Wildman–Crippen MR) is 105 cm³/mol. The van der Waals surface area contributed by atoms with Gasteiger partial charge >= 0.3 is 6.03 Å². The van der Waals surface area contributed by atoms with Crippen LogP contribution in [-0.4, -0.2) is 34.2 Å². The molecule has 1 unspecified atom stereocenters. The highest BCUT2D eigenvalue weighted by Gasteiger charge is 2.29. The number of hydrogen-bond acceptors (Lipinski definition) is 4. The van der Waals surface area contributed by atoms with E-state index in [4.69, 9.17) is 11.6 Å². The van der Waals surface area contributed by atoms with E-state index in [0.29, 0.717) is 23.4 Å². The van der Waals surface area contributed by atoms with Crippen LogP contribution in [0.5, 0.6) is 0 Å². The summed E-state index contributed by atoms with van der Waals surface area (Å²) in [6, 6.07) is 7.14. The summed E-state index contributed by atoms with van der Waals surface area (Å²) in [5.41, 5.74) is 0.765. The maximum atomic E-state index is 12.6. The van der Waals surface area contributed by atoms with Crippen LogP contribution < -0.4 is 5.32 Å². The number of rotatable bonds is 3. The summed E-state index contributed by atoms with van der Waals surface area (Å²) in [4.78, 5) is 14.5. The number of halogens is 1. The van der Waals surface area contributed by atoms with Crippen molar-refractivity contribution in [2.45, 2.75) is 50.4 Å². The molecule has 0 spiro atoms. The third-order valence-corrected chi connectivity index (χ3v) is 6.81. The lowest BCUT2D eigenvalue weighted by molar-refractivity contribution is 0.192. The van der Waals surface area contributed by atoms with E-state index in [2.05, 4.69) is 15.5 Å². The molecule has 1 aromatic carbocycles. The molecule has 26 heavy (non-hydrogen) atoms. The maximum Gasteiger partial charge on any atom is 0.321 e. The lowest BCUT2D eigenvalue weighted by Crippen LogP contribution is -2.41. The quantitative estimate of drug-likeness (QED) is 0.777. The lowest BCUT2D eigenvalue weighted by atomic mass is 9.99. The molecule has 2 aromatic rings. The molecular weight excluding hydrogens is 368 g/mol. The number of aromatic nitrogens is 2. The van der Waals surface area contributed by atoms with Gasteiger partial charge in [-0.2, -0.15) is 0 Å². The van der Waals surface area contributed by atoms with E-state index in [1.54, 1.807) is 23.5 Å². The fourth-order valence-corrected chi connectivity index (χ4v) is 5.11. The van der Waals surface area contributed by atoms with Crippen molar-refractivity contribution in [3.8, 4) is 0 Å². The first-order valence-electron chi connectivity index (χ1n) is 9.34. The first-order valence-corrected chi connectivity index (χ1v) is 10.5. The van der Waals surface area contributed by atoms with Gasteiger partial charge in [0, 0.05) is 35.6 Å². The average Bonchev–Trinajstić information content (AvgIpc) is 3.35.